The van der Waals surface area contributed by atoms with Crippen molar-refractivity contribution in [3.05, 3.63) is 0 Å². The van der Waals surface area contributed by atoms with Gasteiger partial charge in [-0.2, -0.15) is 0 Å². The third kappa shape index (κ3) is 4.00. The van der Waals surface area contributed by atoms with E-state index in [1.165, 1.54) is 19.3 Å². The second-order valence-electron chi connectivity index (χ2n) is 8.13. The second-order valence-corrected chi connectivity index (χ2v) is 8.13. The number of ether oxygens (including phenoxy) is 1. The van der Waals surface area contributed by atoms with Gasteiger partial charge in [0, 0.05) is 0 Å². The summed E-state index contributed by atoms with van der Waals surface area (Å²) in [4.78, 5) is 12.7. The molecule has 0 bridgehead atoms. The lowest BCUT2D eigenvalue weighted by Gasteiger charge is -2.40. The van der Waals surface area contributed by atoms with Crippen molar-refractivity contribution in [2.24, 2.45) is 29.4 Å². The highest BCUT2D eigenvalue weighted by molar-refractivity contribution is 5.80. The first-order valence-corrected chi connectivity index (χ1v) is 8.82. The van der Waals surface area contributed by atoms with Crippen LogP contribution in [0.1, 0.15) is 72.6 Å². The van der Waals surface area contributed by atoms with Gasteiger partial charge in [0.15, 0.2) is 0 Å². The van der Waals surface area contributed by atoms with E-state index in [9.17, 15) is 4.79 Å². The van der Waals surface area contributed by atoms with Crippen LogP contribution >= 0.6 is 0 Å². The van der Waals surface area contributed by atoms with Crippen LogP contribution < -0.4 is 5.73 Å². The van der Waals surface area contributed by atoms with Gasteiger partial charge in [0.2, 0.25) is 0 Å². The summed E-state index contributed by atoms with van der Waals surface area (Å²) in [6.07, 6.45) is 7.28. The zero-order valence-corrected chi connectivity index (χ0v) is 14.2. The highest BCUT2D eigenvalue weighted by Crippen LogP contribution is 2.37. The van der Waals surface area contributed by atoms with E-state index < -0.39 is 5.54 Å². The molecule has 2 aliphatic rings. The number of rotatable bonds is 3. The molecule has 2 aliphatic carbocycles. The van der Waals surface area contributed by atoms with E-state index >= 15 is 0 Å². The van der Waals surface area contributed by atoms with Crippen LogP contribution in [0.15, 0.2) is 0 Å². The number of hydrogen-bond acceptors (Lipinski definition) is 3. The van der Waals surface area contributed by atoms with Gasteiger partial charge in [0.25, 0.3) is 0 Å². The first kappa shape index (κ1) is 16.8. The minimum Gasteiger partial charge on any atom is -0.461 e. The third-order valence-electron chi connectivity index (χ3n) is 5.66. The molecule has 2 N–H and O–H groups in total. The molecule has 0 heterocycles. The first-order valence-electron chi connectivity index (χ1n) is 8.82. The summed E-state index contributed by atoms with van der Waals surface area (Å²) in [7, 11) is 0. The smallest absolute Gasteiger partial charge is 0.326 e. The average Bonchev–Trinajstić information content (AvgIpc) is 2.38. The predicted octanol–water partition coefficient (Wildman–Crippen LogP) is 3.90. The normalized spacial score (nSPS) is 41.0. The zero-order chi connectivity index (χ0) is 15.6. The third-order valence-corrected chi connectivity index (χ3v) is 5.66. The van der Waals surface area contributed by atoms with E-state index in [0.29, 0.717) is 23.7 Å². The van der Waals surface area contributed by atoms with Crippen LogP contribution in [0.4, 0.5) is 0 Å². The second kappa shape index (κ2) is 6.68. The van der Waals surface area contributed by atoms with E-state index in [2.05, 4.69) is 27.7 Å². The van der Waals surface area contributed by atoms with Crippen molar-refractivity contribution < 1.29 is 9.53 Å². The molecule has 0 amide bonds. The van der Waals surface area contributed by atoms with E-state index in [-0.39, 0.29) is 12.1 Å². The maximum atomic E-state index is 12.7. The monoisotopic (exact) mass is 295 g/mol. The first-order chi connectivity index (χ1) is 9.82. The van der Waals surface area contributed by atoms with Crippen molar-refractivity contribution in [1.82, 2.24) is 0 Å². The average molecular weight is 295 g/mol. The quantitative estimate of drug-likeness (QED) is 0.803. The Labute approximate surface area is 130 Å². The van der Waals surface area contributed by atoms with Crippen LogP contribution in [0.2, 0.25) is 0 Å². The fourth-order valence-corrected chi connectivity index (χ4v) is 4.28. The molecule has 0 aliphatic heterocycles. The number of hydrogen-bond donors (Lipinski definition) is 1. The Morgan fingerprint density at radius 3 is 2.52 bits per heavy atom. The predicted molar refractivity (Wildman–Crippen MR) is 85.8 cm³/mol. The van der Waals surface area contributed by atoms with Crippen LogP contribution in [0.5, 0.6) is 0 Å². The van der Waals surface area contributed by atoms with Crippen molar-refractivity contribution >= 4 is 5.97 Å². The maximum Gasteiger partial charge on any atom is 0.326 e. The maximum absolute atomic E-state index is 12.7. The lowest BCUT2D eigenvalue weighted by atomic mass is 9.74. The molecule has 5 unspecified atom stereocenters. The van der Waals surface area contributed by atoms with E-state index in [0.717, 1.165) is 25.7 Å². The summed E-state index contributed by atoms with van der Waals surface area (Å²) in [5, 5.41) is 0. The highest BCUT2D eigenvalue weighted by atomic mass is 16.5. The Kier molecular flexibility index (Phi) is 5.34. The minimum absolute atomic E-state index is 0.0684. The summed E-state index contributed by atoms with van der Waals surface area (Å²) in [6, 6.07) is 0. The molecule has 2 saturated carbocycles. The molecule has 0 radical (unpaired) electrons. The van der Waals surface area contributed by atoms with Gasteiger partial charge in [0.05, 0.1) is 0 Å². The van der Waals surface area contributed by atoms with Crippen molar-refractivity contribution in [3.8, 4) is 0 Å². The van der Waals surface area contributed by atoms with Crippen molar-refractivity contribution in [1.29, 1.82) is 0 Å². The summed E-state index contributed by atoms with van der Waals surface area (Å²) in [6.45, 7) is 8.93. The van der Waals surface area contributed by atoms with Gasteiger partial charge in [0.1, 0.15) is 11.6 Å². The van der Waals surface area contributed by atoms with E-state index in [4.69, 9.17) is 10.5 Å². The molecule has 3 heteroatoms. The molecule has 0 aromatic heterocycles. The summed E-state index contributed by atoms with van der Waals surface area (Å²) in [5.74, 6) is 2.10. The van der Waals surface area contributed by atoms with Crippen molar-refractivity contribution in [2.75, 3.05) is 0 Å². The van der Waals surface area contributed by atoms with Crippen LogP contribution in [-0.2, 0) is 9.53 Å². The molecule has 0 aromatic carbocycles. The molecule has 2 rings (SSSR count). The largest absolute Gasteiger partial charge is 0.461 e. The lowest BCUT2D eigenvalue weighted by molar-refractivity contribution is -0.164. The van der Waals surface area contributed by atoms with Crippen LogP contribution in [0.3, 0.4) is 0 Å². The SMILES string of the molecule is CC1CCC(C(C)C)C(OC(=O)C2(N)CCCC(C)C2)C1. The van der Waals surface area contributed by atoms with Gasteiger partial charge in [-0.25, -0.2) is 0 Å². The molecule has 0 spiro atoms. The van der Waals surface area contributed by atoms with Crippen LogP contribution in [0.25, 0.3) is 0 Å². The van der Waals surface area contributed by atoms with Crippen LogP contribution in [-0.4, -0.2) is 17.6 Å². The number of carbonyl (C=O) groups excluding carboxylic acids is 1. The van der Waals surface area contributed by atoms with Gasteiger partial charge in [-0.3, -0.25) is 4.79 Å². The van der Waals surface area contributed by atoms with Gasteiger partial charge in [-0.1, -0.05) is 47.0 Å². The van der Waals surface area contributed by atoms with Crippen molar-refractivity contribution in [3.63, 3.8) is 0 Å². The molecule has 2 fully saturated rings. The highest BCUT2D eigenvalue weighted by Gasteiger charge is 2.42. The van der Waals surface area contributed by atoms with Crippen molar-refractivity contribution in [2.45, 2.75) is 84.3 Å². The topological polar surface area (TPSA) is 52.3 Å². The van der Waals surface area contributed by atoms with E-state index in [1.54, 1.807) is 0 Å². The fourth-order valence-electron chi connectivity index (χ4n) is 4.28. The Balaban J connectivity index is 2.02. The summed E-state index contributed by atoms with van der Waals surface area (Å²) >= 11 is 0. The fraction of sp³-hybridized carbons (Fsp3) is 0.944. The molecular weight excluding hydrogens is 262 g/mol. The number of esters is 1. The molecule has 5 atom stereocenters. The minimum atomic E-state index is -0.736. The lowest BCUT2D eigenvalue weighted by Crippen LogP contribution is -2.53. The molecule has 21 heavy (non-hydrogen) atoms. The summed E-state index contributed by atoms with van der Waals surface area (Å²) in [5.41, 5.74) is 5.66. The van der Waals surface area contributed by atoms with Gasteiger partial charge < -0.3 is 10.5 Å². The van der Waals surface area contributed by atoms with Crippen LogP contribution in [0, 0.1) is 23.7 Å². The standard InChI is InChI=1S/C18H33NO2/c1-12(2)15-8-7-13(3)10-16(15)21-17(20)18(19)9-5-6-14(4)11-18/h12-16H,5-11,19H2,1-4H3. The Bertz CT molecular complexity index is 368. The van der Waals surface area contributed by atoms with E-state index in [1.807, 2.05) is 0 Å². The number of nitrogens with two attached hydrogens (primary N) is 1. The van der Waals surface area contributed by atoms with Gasteiger partial charge >= 0.3 is 5.97 Å². The Hall–Kier alpha value is -0.570. The Morgan fingerprint density at radius 1 is 1.19 bits per heavy atom. The van der Waals surface area contributed by atoms with Gasteiger partial charge in [-0.05, 0) is 49.4 Å². The molecule has 0 saturated heterocycles. The molecule has 0 aromatic rings. The Morgan fingerprint density at radius 2 is 1.90 bits per heavy atom. The summed E-state index contributed by atoms with van der Waals surface area (Å²) < 4.78 is 5.96. The number of carbonyl (C=O) groups is 1. The zero-order valence-electron chi connectivity index (χ0n) is 14.2. The molecular formula is C18H33NO2. The molecule has 3 nitrogen and oxygen atoms in total. The van der Waals surface area contributed by atoms with Gasteiger partial charge in [-0.15, -0.1) is 0 Å². The molecule has 122 valence electrons.